The zero-order chi connectivity index (χ0) is 2.00. The third-order valence-corrected chi connectivity index (χ3v) is 0. The molecule has 5 heavy (non-hydrogen) atoms. The van der Waals surface area contributed by atoms with Gasteiger partial charge in [-0.15, -0.1) is 0 Å². The Hall–Kier alpha value is 2.26. The fraction of sp³-hybridized carbons (Fsp3) is 1.00. The number of hydrogen-bond donors (Lipinski definition) is 0. The summed E-state index contributed by atoms with van der Waals surface area (Å²) < 4.78 is 0. The fourth-order valence-electron chi connectivity index (χ4n) is 0. The summed E-state index contributed by atoms with van der Waals surface area (Å²) in [5.74, 6) is 0. The number of rotatable bonds is 0. The molecule has 0 aliphatic heterocycles. The van der Waals surface area contributed by atoms with Gasteiger partial charge in [0.2, 0.25) is 0 Å². The quantitative estimate of drug-likeness (QED) is 0.533. The van der Waals surface area contributed by atoms with Gasteiger partial charge >= 0.3 is 25.7 Å². The summed E-state index contributed by atoms with van der Waals surface area (Å²) in [7, 11) is 0. The van der Waals surface area contributed by atoms with E-state index in [1.54, 1.807) is 0 Å². The Kier molecular flexibility index (Phi) is 182. The Morgan fingerprint density at radius 2 is 1.20 bits per heavy atom. The topological polar surface area (TPSA) is 0 Å². The number of hydrogen-bond acceptors (Lipinski definition) is 0. The van der Waals surface area contributed by atoms with E-state index in [0.29, 0.717) is 0 Å². The van der Waals surface area contributed by atoms with Gasteiger partial charge in [-0.05, 0) is 0 Å². The molecule has 0 aromatic heterocycles. The first-order valence-electron chi connectivity index (χ1n) is 0.500. The maximum Gasteiger partial charge on any atom is 0 e. The van der Waals surface area contributed by atoms with Crippen molar-refractivity contribution in [1.82, 2.24) is 0 Å². The molecule has 35 valence electrons. The van der Waals surface area contributed by atoms with Crippen LogP contribution in [-0.2, 0) is 71.4 Å². The van der Waals surface area contributed by atoms with E-state index in [2.05, 4.69) is 0 Å². The van der Waals surface area contributed by atoms with Gasteiger partial charge in [0.1, 0.15) is 0 Å². The van der Waals surface area contributed by atoms with E-state index in [9.17, 15) is 0 Å². The molecule has 0 amide bonds. The first kappa shape index (κ1) is 26.8. The minimum Gasteiger partial charge on any atom is 0 e. The van der Waals surface area contributed by atoms with Crippen LogP contribution in [0.5, 0.6) is 0 Å². The molecule has 0 aliphatic rings. The smallest absolute Gasteiger partial charge is 0 e. The molecule has 0 bridgehead atoms. The Morgan fingerprint density at radius 3 is 1.20 bits per heavy atom. The second-order valence-electron chi connectivity index (χ2n) is 0. The summed E-state index contributed by atoms with van der Waals surface area (Å²) in [5.41, 5.74) is 0. The third-order valence-electron chi connectivity index (χ3n) is 0. The van der Waals surface area contributed by atoms with Crippen LogP contribution in [0.3, 0.4) is 0 Å². The van der Waals surface area contributed by atoms with E-state index in [1.165, 1.54) is 0 Å². The van der Waals surface area contributed by atoms with Crippen molar-refractivity contribution < 1.29 is 71.4 Å². The monoisotopic (exact) mass is 229 g/mol. The summed E-state index contributed by atoms with van der Waals surface area (Å²) in [4.78, 5) is 0. The zero-order valence-electron chi connectivity index (χ0n) is 2.58. The zero-order valence-corrected chi connectivity index (χ0v) is 7.51. The Labute approximate surface area is 75.8 Å². The van der Waals surface area contributed by atoms with Crippen LogP contribution in [0.25, 0.3) is 0 Å². The van der Waals surface area contributed by atoms with Crippen molar-refractivity contribution in [2.24, 2.45) is 0 Å². The van der Waals surface area contributed by atoms with E-state index >= 15 is 0 Å². The van der Waals surface area contributed by atoms with Crippen LogP contribution in [0, 0.1) is 0 Å². The van der Waals surface area contributed by atoms with Crippen LogP contribution in [0.1, 0.15) is 0 Å². The van der Waals surface area contributed by atoms with Gasteiger partial charge in [-0.25, -0.2) is 0 Å². The van der Waals surface area contributed by atoms with Crippen LogP contribution < -0.4 is 0 Å². The van der Waals surface area contributed by atoms with Gasteiger partial charge in [0, 0.05) is 50.9 Å². The summed E-state index contributed by atoms with van der Waals surface area (Å²) in [6, 6.07) is 0. The van der Waals surface area contributed by atoms with Crippen molar-refractivity contribution >= 4 is 0 Å². The molecule has 0 radical (unpaired) electrons. The molecular weight excluding hydrogens is 226 g/mol. The van der Waals surface area contributed by atoms with Gasteiger partial charge in [0.15, 0.2) is 0 Å². The molecule has 0 aromatic rings. The molecule has 0 atom stereocenters. The minimum atomic E-state index is 0. The van der Waals surface area contributed by atoms with Crippen LogP contribution in [0.4, 0.5) is 0 Å². The van der Waals surface area contributed by atoms with E-state index in [0.717, 1.165) is 0 Å². The molecule has 0 fully saturated rings. The molecule has 0 unspecified atom stereocenters. The molecule has 0 N–H and O–H groups in total. The first-order chi connectivity index (χ1) is 1.00. The van der Waals surface area contributed by atoms with Crippen LogP contribution >= 0.6 is 0 Å². The first-order valence-corrected chi connectivity index (χ1v) is 2.06. The van der Waals surface area contributed by atoms with Crippen molar-refractivity contribution in [3.63, 3.8) is 0 Å². The molecule has 0 nitrogen and oxygen atoms in total. The van der Waals surface area contributed by atoms with Gasteiger partial charge in [0.05, 0.1) is 0 Å². The van der Waals surface area contributed by atoms with Gasteiger partial charge < -0.3 is 0 Å². The molecule has 0 heterocycles. The maximum absolute atomic E-state index is 2.00. The molecule has 0 rings (SSSR count). The van der Waals surface area contributed by atoms with Gasteiger partial charge in [0.25, 0.3) is 0 Å². The SMILES string of the molecule is [CH3][Ti].[Cr].[Fe].[Ni]. The predicted octanol–water partition coefficient (Wildman–Crippen LogP) is 0.574. The average Bonchev–Trinajstić information content (AvgIpc) is 1.00. The molecular formula is CH3CrFeNiTi. The fourth-order valence-corrected chi connectivity index (χ4v) is 0. The molecule has 0 spiro atoms. The third kappa shape index (κ3) is 22.2. The molecule has 4 heteroatoms. The molecule has 0 saturated carbocycles. The van der Waals surface area contributed by atoms with Crippen molar-refractivity contribution in [3.8, 4) is 0 Å². The van der Waals surface area contributed by atoms with E-state index in [4.69, 9.17) is 0 Å². The van der Waals surface area contributed by atoms with E-state index in [-0.39, 0.29) is 50.9 Å². The minimum absolute atomic E-state index is 0. The standard InChI is InChI=1S/CH3.Cr.Fe.Ni.Ti/h1H3;;;;. The Morgan fingerprint density at radius 1 is 1.20 bits per heavy atom. The Balaban J connectivity index is -0.00000000167. The van der Waals surface area contributed by atoms with Crippen molar-refractivity contribution in [2.45, 2.75) is 5.23 Å². The second-order valence-corrected chi connectivity index (χ2v) is 0. The largest absolute Gasteiger partial charge is 0 e. The maximum atomic E-state index is 2.00. The van der Waals surface area contributed by atoms with Crippen molar-refractivity contribution in [2.75, 3.05) is 0 Å². The average molecular weight is 229 g/mol. The van der Waals surface area contributed by atoms with Gasteiger partial charge in [-0.1, -0.05) is 0 Å². The van der Waals surface area contributed by atoms with E-state index < -0.39 is 0 Å². The summed E-state index contributed by atoms with van der Waals surface area (Å²) in [5, 5.41) is 2.00. The normalized spacial score (nSPS) is 0.800. The summed E-state index contributed by atoms with van der Waals surface area (Å²) in [6.45, 7) is 0. The van der Waals surface area contributed by atoms with Gasteiger partial charge in [-0.2, -0.15) is 0 Å². The second kappa shape index (κ2) is 33.9. The van der Waals surface area contributed by atoms with Crippen LogP contribution in [-0.4, -0.2) is 0 Å². The van der Waals surface area contributed by atoms with Crippen molar-refractivity contribution in [3.05, 3.63) is 0 Å². The summed E-state index contributed by atoms with van der Waals surface area (Å²) in [6.07, 6.45) is 0. The summed E-state index contributed by atoms with van der Waals surface area (Å²) >= 11 is 2.00. The molecule has 0 aliphatic carbocycles. The van der Waals surface area contributed by atoms with E-state index in [1.807, 2.05) is 25.7 Å². The van der Waals surface area contributed by atoms with Crippen molar-refractivity contribution in [1.29, 1.82) is 0 Å². The van der Waals surface area contributed by atoms with Gasteiger partial charge in [-0.3, -0.25) is 0 Å². The molecule has 0 saturated heterocycles. The van der Waals surface area contributed by atoms with Crippen LogP contribution in [0.15, 0.2) is 0 Å². The Bertz CT molecular complexity index is 11.6. The predicted molar refractivity (Wildman–Crippen MR) is 5.86 cm³/mol. The molecule has 0 aromatic carbocycles. The van der Waals surface area contributed by atoms with Crippen LogP contribution in [0.2, 0.25) is 5.23 Å².